The van der Waals surface area contributed by atoms with Gasteiger partial charge in [0.05, 0.1) is 26.5 Å². The van der Waals surface area contributed by atoms with Crippen molar-refractivity contribution < 1.29 is 19.0 Å². The molecule has 0 atom stereocenters. The number of methoxy groups -OCH3 is 3. The number of anilines is 1. The Morgan fingerprint density at radius 2 is 1.96 bits per heavy atom. The fourth-order valence-corrected chi connectivity index (χ4v) is 3.31. The molecule has 0 radical (unpaired) electrons. The zero-order valence-corrected chi connectivity index (χ0v) is 16.1. The molecule has 1 N–H and O–H groups in total. The third kappa shape index (κ3) is 4.45. The molecule has 1 heterocycles. The largest absolute Gasteiger partial charge is 0.497 e. The van der Waals surface area contributed by atoms with Gasteiger partial charge in [0.15, 0.2) is 5.13 Å². The Morgan fingerprint density at radius 3 is 2.70 bits per heavy atom. The number of aromatic nitrogens is 1. The molecule has 0 fully saturated rings. The van der Waals surface area contributed by atoms with Crippen molar-refractivity contribution >= 4 is 22.4 Å². The van der Waals surface area contributed by atoms with E-state index in [1.807, 2.05) is 35.7 Å². The van der Waals surface area contributed by atoms with Gasteiger partial charge in [-0.1, -0.05) is 12.1 Å². The van der Waals surface area contributed by atoms with E-state index in [0.717, 1.165) is 11.1 Å². The number of hydrogen-bond acceptors (Lipinski definition) is 6. The molecule has 2 aromatic carbocycles. The Bertz CT molecular complexity index is 939. The second-order valence-corrected chi connectivity index (χ2v) is 6.55. The van der Waals surface area contributed by atoms with Gasteiger partial charge in [-0.3, -0.25) is 10.1 Å². The van der Waals surface area contributed by atoms with Gasteiger partial charge < -0.3 is 14.2 Å². The van der Waals surface area contributed by atoms with E-state index < -0.39 is 0 Å². The van der Waals surface area contributed by atoms with E-state index in [4.69, 9.17) is 14.2 Å². The molecule has 3 rings (SSSR count). The molecule has 3 aromatic rings. The van der Waals surface area contributed by atoms with Crippen LogP contribution in [0.3, 0.4) is 0 Å². The van der Waals surface area contributed by atoms with Crippen LogP contribution in [0.25, 0.3) is 11.3 Å². The molecule has 1 aromatic heterocycles. The van der Waals surface area contributed by atoms with Crippen molar-refractivity contribution in [2.24, 2.45) is 0 Å². The van der Waals surface area contributed by atoms with Crippen LogP contribution in [-0.4, -0.2) is 32.2 Å². The van der Waals surface area contributed by atoms with E-state index in [1.165, 1.54) is 11.3 Å². The summed E-state index contributed by atoms with van der Waals surface area (Å²) in [7, 11) is 4.83. The summed E-state index contributed by atoms with van der Waals surface area (Å²) in [4.78, 5) is 17.0. The number of amides is 1. The van der Waals surface area contributed by atoms with Gasteiger partial charge in [-0.2, -0.15) is 0 Å². The molecule has 27 heavy (non-hydrogen) atoms. The molecular weight excluding hydrogens is 364 g/mol. The molecule has 140 valence electrons. The summed E-state index contributed by atoms with van der Waals surface area (Å²) in [5.41, 5.74) is 3.00. The first kappa shape index (κ1) is 18.9. The van der Waals surface area contributed by atoms with Crippen LogP contribution in [0.15, 0.2) is 47.8 Å². The highest BCUT2D eigenvalue weighted by Gasteiger charge is 2.14. The zero-order valence-electron chi connectivity index (χ0n) is 15.3. The first-order chi connectivity index (χ1) is 13.1. The van der Waals surface area contributed by atoms with Crippen LogP contribution in [0.2, 0.25) is 0 Å². The van der Waals surface area contributed by atoms with Gasteiger partial charge in [0.1, 0.15) is 11.5 Å². The molecule has 1 amide bonds. The summed E-state index contributed by atoms with van der Waals surface area (Å²) in [6, 6.07) is 12.8. The number of benzene rings is 2. The van der Waals surface area contributed by atoms with Crippen molar-refractivity contribution in [3.8, 4) is 22.8 Å². The predicted octanol–water partition coefficient (Wildman–Crippen LogP) is 4.23. The standard InChI is InChI=1S/C20H20N2O4S/c1-24-11-13-5-4-6-14(9-13)19(23)22-20-21-17(12-27-20)16-10-15(25-2)7-8-18(16)26-3/h4-10,12H,11H2,1-3H3,(H,21,22,23). The molecule has 0 saturated heterocycles. The Kier molecular flexibility index (Phi) is 6.05. The molecule has 6 nitrogen and oxygen atoms in total. The van der Waals surface area contributed by atoms with Crippen molar-refractivity contribution in [2.75, 3.05) is 26.6 Å². The smallest absolute Gasteiger partial charge is 0.257 e. The highest BCUT2D eigenvalue weighted by molar-refractivity contribution is 7.14. The molecule has 7 heteroatoms. The topological polar surface area (TPSA) is 69.7 Å². The van der Waals surface area contributed by atoms with Crippen LogP contribution in [0.4, 0.5) is 5.13 Å². The van der Waals surface area contributed by atoms with Crippen LogP contribution in [0.5, 0.6) is 11.5 Å². The minimum atomic E-state index is -0.216. The number of ether oxygens (including phenoxy) is 3. The molecule has 0 bridgehead atoms. The van der Waals surface area contributed by atoms with E-state index in [2.05, 4.69) is 10.3 Å². The lowest BCUT2D eigenvalue weighted by molar-refractivity contribution is 0.102. The fraction of sp³-hybridized carbons (Fsp3) is 0.200. The number of hydrogen-bond donors (Lipinski definition) is 1. The number of nitrogens with one attached hydrogen (secondary N) is 1. The lowest BCUT2D eigenvalue weighted by Crippen LogP contribution is -2.12. The number of nitrogens with zero attached hydrogens (tertiary/aromatic N) is 1. The minimum Gasteiger partial charge on any atom is -0.497 e. The third-order valence-electron chi connectivity index (χ3n) is 3.91. The Labute approximate surface area is 161 Å². The minimum absolute atomic E-state index is 0.216. The lowest BCUT2D eigenvalue weighted by atomic mass is 10.1. The molecule has 0 aliphatic rings. The Hall–Kier alpha value is -2.90. The SMILES string of the molecule is COCc1cccc(C(=O)Nc2nc(-c3cc(OC)ccc3OC)cs2)c1. The molecule has 0 unspecified atom stereocenters. The monoisotopic (exact) mass is 384 g/mol. The highest BCUT2D eigenvalue weighted by atomic mass is 32.1. The zero-order chi connectivity index (χ0) is 19.2. The summed E-state index contributed by atoms with van der Waals surface area (Å²) in [6.45, 7) is 0.457. The molecule has 0 aliphatic heterocycles. The second kappa shape index (κ2) is 8.66. The van der Waals surface area contributed by atoms with Crippen molar-refractivity contribution in [3.05, 3.63) is 59.0 Å². The fourth-order valence-electron chi connectivity index (χ4n) is 2.61. The van der Waals surface area contributed by atoms with E-state index in [0.29, 0.717) is 34.5 Å². The Balaban J connectivity index is 1.80. The maximum atomic E-state index is 12.5. The van der Waals surface area contributed by atoms with E-state index >= 15 is 0 Å². The van der Waals surface area contributed by atoms with Crippen LogP contribution in [0, 0.1) is 0 Å². The van der Waals surface area contributed by atoms with E-state index in [-0.39, 0.29) is 5.91 Å². The predicted molar refractivity (Wildman–Crippen MR) is 106 cm³/mol. The maximum Gasteiger partial charge on any atom is 0.257 e. The number of rotatable bonds is 7. The molecular formula is C20H20N2O4S. The van der Waals surface area contributed by atoms with Gasteiger partial charge >= 0.3 is 0 Å². The van der Waals surface area contributed by atoms with Crippen LogP contribution < -0.4 is 14.8 Å². The highest BCUT2D eigenvalue weighted by Crippen LogP contribution is 2.35. The molecule has 0 saturated carbocycles. The van der Waals surface area contributed by atoms with Gasteiger partial charge in [-0.05, 0) is 35.9 Å². The lowest BCUT2D eigenvalue weighted by Gasteiger charge is -2.08. The average molecular weight is 384 g/mol. The Morgan fingerprint density at radius 1 is 1.11 bits per heavy atom. The van der Waals surface area contributed by atoms with Crippen LogP contribution >= 0.6 is 11.3 Å². The van der Waals surface area contributed by atoms with Crippen molar-refractivity contribution in [1.29, 1.82) is 0 Å². The van der Waals surface area contributed by atoms with Crippen LogP contribution in [-0.2, 0) is 11.3 Å². The summed E-state index contributed by atoms with van der Waals surface area (Å²) < 4.78 is 15.8. The van der Waals surface area contributed by atoms with Crippen molar-refractivity contribution in [2.45, 2.75) is 6.61 Å². The van der Waals surface area contributed by atoms with Crippen LogP contribution in [0.1, 0.15) is 15.9 Å². The summed E-state index contributed by atoms with van der Waals surface area (Å²) in [5, 5.41) is 5.22. The first-order valence-corrected chi connectivity index (χ1v) is 9.09. The summed E-state index contributed by atoms with van der Waals surface area (Å²) in [6.07, 6.45) is 0. The molecule has 0 spiro atoms. The first-order valence-electron chi connectivity index (χ1n) is 8.21. The van der Waals surface area contributed by atoms with E-state index in [1.54, 1.807) is 33.5 Å². The summed E-state index contributed by atoms with van der Waals surface area (Å²) >= 11 is 1.35. The number of carbonyl (C=O) groups excluding carboxylic acids is 1. The second-order valence-electron chi connectivity index (χ2n) is 5.69. The van der Waals surface area contributed by atoms with Gasteiger partial charge in [-0.25, -0.2) is 4.98 Å². The quantitative estimate of drug-likeness (QED) is 0.660. The van der Waals surface area contributed by atoms with E-state index in [9.17, 15) is 4.79 Å². The molecule has 0 aliphatic carbocycles. The van der Waals surface area contributed by atoms with Gasteiger partial charge in [0.25, 0.3) is 5.91 Å². The average Bonchev–Trinajstić information content (AvgIpc) is 3.16. The summed E-state index contributed by atoms with van der Waals surface area (Å²) in [5.74, 6) is 1.18. The van der Waals surface area contributed by atoms with Crippen molar-refractivity contribution in [1.82, 2.24) is 4.98 Å². The van der Waals surface area contributed by atoms with Gasteiger partial charge in [0, 0.05) is 23.6 Å². The van der Waals surface area contributed by atoms with Gasteiger partial charge in [0.2, 0.25) is 0 Å². The van der Waals surface area contributed by atoms with Crippen molar-refractivity contribution in [3.63, 3.8) is 0 Å². The third-order valence-corrected chi connectivity index (χ3v) is 4.67. The maximum absolute atomic E-state index is 12.5. The van der Waals surface area contributed by atoms with Gasteiger partial charge in [-0.15, -0.1) is 11.3 Å². The number of carbonyl (C=O) groups is 1. The number of thiazole rings is 1. The normalized spacial score (nSPS) is 10.5.